The Bertz CT molecular complexity index is 867. The highest BCUT2D eigenvalue weighted by molar-refractivity contribution is 5.87. The molecule has 0 radical (unpaired) electrons. The lowest BCUT2D eigenvalue weighted by molar-refractivity contribution is -0.162. The van der Waals surface area contributed by atoms with Gasteiger partial charge in [-0.05, 0) is 35.1 Å². The van der Waals surface area contributed by atoms with Crippen molar-refractivity contribution in [1.29, 1.82) is 0 Å². The van der Waals surface area contributed by atoms with E-state index < -0.39 is 17.9 Å². The van der Waals surface area contributed by atoms with Gasteiger partial charge in [0.2, 0.25) is 5.91 Å². The average molecular weight is 325 g/mol. The van der Waals surface area contributed by atoms with Gasteiger partial charge in [0.05, 0.1) is 11.6 Å². The van der Waals surface area contributed by atoms with E-state index >= 15 is 0 Å². The summed E-state index contributed by atoms with van der Waals surface area (Å²) in [5.41, 5.74) is 12.1. The molecule has 1 aromatic carbocycles. The number of fused-ring (bicyclic) bond motifs is 6. The Hall–Kier alpha value is -2.34. The van der Waals surface area contributed by atoms with Crippen LogP contribution in [0.1, 0.15) is 30.7 Å². The predicted molar refractivity (Wildman–Crippen MR) is 88.9 cm³/mol. The van der Waals surface area contributed by atoms with E-state index in [1.54, 1.807) is 0 Å². The maximum Gasteiger partial charge on any atom is 0.226 e. The predicted octanol–water partition coefficient (Wildman–Crippen LogP) is 3.25. The van der Waals surface area contributed by atoms with Crippen LogP contribution in [0, 0.1) is 5.92 Å². The van der Waals surface area contributed by atoms with Crippen LogP contribution in [-0.2, 0) is 23.1 Å². The van der Waals surface area contributed by atoms with Crippen molar-refractivity contribution in [3.63, 3.8) is 0 Å². The van der Waals surface area contributed by atoms with E-state index in [2.05, 4.69) is 26.7 Å². The summed E-state index contributed by atoms with van der Waals surface area (Å²) in [5.74, 6) is -0.900. The van der Waals surface area contributed by atoms with E-state index in [1.807, 2.05) is 31.2 Å². The smallest absolute Gasteiger partial charge is 0.226 e. The lowest BCUT2D eigenvalue weighted by Crippen LogP contribution is -2.36. The molecule has 1 unspecified atom stereocenters. The van der Waals surface area contributed by atoms with Crippen molar-refractivity contribution in [2.45, 2.75) is 31.9 Å². The molecule has 1 saturated heterocycles. The van der Waals surface area contributed by atoms with Crippen molar-refractivity contribution in [1.82, 2.24) is 9.63 Å². The third-order valence-electron chi connectivity index (χ3n) is 5.32. The summed E-state index contributed by atoms with van der Waals surface area (Å²) in [7, 11) is 2.01. The summed E-state index contributed by atoms with van der Waals surface area (Å²) in [5, 5.41) is 6.49. The molecule has 0 spiro atoms. The molecule has 1 aromatic heterocycles. The van der Waals surface area contributed by atoms with E-state index in [0.29, 0.717) is 0 Å². The maximum absolute atomic E-state index is 12.5. The first kappa shape index (κ1) is 15.2. The molecule has 3 heterocycles. The van der Waals surface area contributed by atoms with Gasteiger partial charge in [0.1, 0.15) is 6.10 Å². The molecule has 4 atom stereocenters. The normalized spacial score (nSPS) is 28.2. The number of nitrogens with zero attached hydrogens (tertiary/aromatic N) is 5. The van der Waals surface area contributed by atoms with Gasteiger partial charge in [0.15, 0.2) is 0 Å². The topological polar surface area (TPSA) is 83.2 Å². The number of aryl methyl sites for hydroxylation is 1. The minimum Gasteiger partial charge on any atom is -0.345 e. The molecule has 0 aliphatic carbocycles. The number of hydrogen-bond acceptors (Lipinski definition) is 3. The molecule has 2 aliphatic rings. The average Bonchev–Trinajstić information content (AvgIpc) is 2.99. The molecular formula is C17H19N5O2. The second-order valence-corrected chi connectivity index (χ2v) is 6.39. The Morgan fingerprint density at radius 2 is 2.25 bits per heavy atom. The SMILES string of the molecule is CC[C@@H]1[C@H](C(=O)N=[N+]=[N-])[C@@H]2ON1CCc1c2n(C)c2ccccc12. The number of amides is 1. The standard InChI is InChI=1S/C17H19N5O2/c1-3-12-14(17(23)19-20-18)16-15-11(8-9-22(12)24-16)10-6-4-5-7-13(10)21(15)2/h4-7,12,14,16H,3,8-9H2,1-2H3/t12-,14+,16+/m1/s1. The summed E-state index contributed by atoms with van der Waals surface area (Å²) in [6, 6.07) is 8.19. The zero-order valence-corrected chi connectivity index (χ0v) is 13.7. The maximum atomic E-state index is 12.5. The van der Waals surface area contributed by atoms with E-state index in [9.17, 15) is 4.79 Å². The van der Waals surface area contributed by atoms with Crippen LogP contribution < -0.4 is 0 Å². The van der Waals surface area contributed by atoms with Crippen molar-refractivity contribution < 1.29 is 9.63 Å². The Kier molecular flexibility index (Phi) is 3.57. The molecule has 7 heteroatoms. The third kappa shape index (κ3) is 1.99. The van der Waals surface area contributed by atoms with Crippen molar-refractivity contribution in [2.75, 3.05) is 6.54 Å². The lowest BCUT2D eigenvalue weighted by atomic mass is 9.87. The molecule has 124 valence electrons. The van der Waals surface area contributed by atoms with Gasteiger partial charge in [-0.25, -0.2) is 0 Å². The monoisotopic (exact) mass is 325 g/mol. The van der Waals surface area contributed by atoms with Crippen LogP contribution in [0.3, 0.4) is 0 Å². The van der Waals surface area contributed by atoms with Gasteiger partial charge < -0.3 is 4.57 Å². The summed E-state index contributed by atoms with van der Waals surface area (Å²) in [6.45, 7) is 2.76. The summed E-state index contributed by atoms with van der Waals surface area (Å²) in [6.07, 6.45) is 1.25. The molecule has 2 aromatic rings. The van der Waals surface area contributed by atoms with Gasteiger partial charge in [-0.1, -0.05) is 25.1 Å². The number of aromatic nitrogens is 1. The van der Waals surface area contributed by atoms with Crippen molar-refractivity contribution in [3.05, 3.63) is 46.0 Å². The zero-order chi connectivity index (χ0) is 16.8. The minimum atomic E-state index is -0.465. The van der Waals surface area contributed by atoms with Gasteiger partial charge in [0.25, 0.3) is 0 Å². The number of carbonyl (C=O) groups is 1. The number of rotatable bonds is 2. The molecule has 4 rings (SSSR count). The fraction of sp³-hybridized carbons (Fsp3) is 0.471. The quantitative estimate of drug-likeness (QED) is 0.482. The van der Waals surface area contributed by atoms with Crippen LogP contribution in [0.15, 0.2) is 29.4 Å². The van der Waals surface area contributed by atoms with Gasteiger partial charge in [-0.2, -0.15) is 5.06 Å². The molecule has 24 heavy (non-hydrogen) atoms. The Labute approximate surface area is 139 Å². The number of azide groups is 1. The molecular weight excluding hydrogens is 306 g/mol. The van der Waals surface area contributed by atoms with Crippen LogP contribution in [-0.4, -0.2) is 28.1 Å². The van der Waals surface area contributed by atoms with Crippen molar-refractivity contribution in [3.8, 4) is 0 Å². The second kappa shape index (κ2) is 5.63. The summed E-state index contributed by atoms with van der Waals surface area (Å²) >= 11 is 0. The highest BCUT2D eigenvalue weighted by Gasteiger charge is 2.50. The molecule has 1 fully saturated rings. The Morgan fingerprint density at radius 1 is 1.46 bits per heavy atom. The largest absolute Gasteiger partial charge is 0.345 e. The molecule has 7 nitrogen and oxygen atoms in total. The minimum absolute atomic E-state index is 0.0563. The molecule has 1 amide bonds. The molecule has 2 aliphatic heterocycles. The highest BCUT2D eigenvalue weighted by atomic mass is 16.7. The van der Waals surface area contributed by atoms with Crippen molar-refractivity contribution >= 4 is 16.8 Å². The van der Waals surface area contributed by atoms with Crippen LogP contribution in [0.25, 0.3) is 21.3 Å². The van der Waals surface area contributed by atoms with E-state index in [1.165, 1.54) is 10.9 Å². The third-order valence-corrected chi connectivity index (χ3v) is 5.32. The number of hydrogen-bond donors (Lipinski definition) is 0. The fourth-order valence-electron chi connectivity index (χ4n) is 4.31. The molecule has 0 saturated carbocycles. The van der Waals surface area contributed by atoms with E-state index in [0.717, 1.165) is 30.6 Å². The zero-order valence-electron chi connectivity index (χ0n) is 13.7. The van der Waals surface area contributed by atoms with E-state index in [4.69, 9.17) is 10.4 Å². The van der Waals surface area contributed by atoms with Crippen LogP contribution in [0.2, 0.25) is 0 Å². The molecule has 2 bridgehead atoms. The van der Waals surface area contributed by atoms with Gasteiger partial charge in [-0.15, -0.1) is 0 Å². The number of para-hydroxylation sites is 1. The Balaban J connectivity index is 1.92. The van der Waals surface area contributed by atoms with Crippen molar-refractivity contribution in [2.24, 2.45) is 18.1 Å². The Morgan fingerprint density at radius 3 is 3.00 bits per heavy atom. The fourth-order valence-corrected chi connectivity index (χ4v) is 4.31. The first-order valence-electron chi connectivity index (χ1n) is 8.26. The van der Waals surface area contributed by atoms with Gasteiger partial charge in [0, 0.05) is 35.4 Å². The second-order valence-electron chi connectivity index (χ2n) is 6.39. The first-order chi connectivity index (χ1) is 11.7. The number of hydroxylamine groups is 2. The van der Waals surface area contributed by atoms with Gasteiger partial charge >= 0.3 is 0 Å². The van der Waals surface area contributed by atoms with Crippen LogP contribution in [0.5, 0.6) is 0 Å². The molecule has 0 N–H and O–H groups in total. The highest BCUT2D eigenvalue weighted by Crippen LogP contribution is 2.46. The van der Waals surface area contributed by atoms with Gasteiger partial charge in [-0.3, -0.25) is 9.63 Å². The van der Waals surface area contributed by atoms with E-state index in [-0.39, 0.29) is 6.04 Å². The number of benzene rings is 1. The summed E-state index contributed by atoms with van der Waals surface area (Å²) in [4.78, 5) is 21.3. The lowest BCUT2D eigenvalue weighted by Gasteiger charge is -2.24. The number of carbonyl (C=O) groups excluding carboxylic acids is 1. The van der Waals surface area contributed by atoms with Crippen LogP contribution in [0.4, 0.5) is 0 Å². The summed E-state index contributed by atoms with van der Waals surface area (Å²) < 4.78 is 2.12. The first-order valence-corrected chi connectivity index (χ1v) is 8.26. The van der Waals surface area contributed by atoms with Crippen LogP contribution >= 0.6 is 0 Å².